The second-order valence-electron chi connectivity index (χ2n) is 7.38. The van der Waals surface area contributed by atoms with Crippen molar-refractivity contribution < 1.29 is 0 Å². The number of nitriles is 1. The van der Waals surface area contributed by atoms with E-state index < -0.39 is 0 Å². The zero-order valence-corrected chi connectivity index (χ0v) is 13.8. The maximum atomic E-state index is 8.86. The summed E-state index contributed by atoms with van der Waals surface area (Å²) in [7, 11) is 0. The summed E-state index contributed by atoms with van der Waals surface area (Å²) in [6.45, 7) is 2.35. The van der Waals surface area contributed by atoms with E-state index >= 15 is 0 Å². The molecular formula is C20H28N2. The van der Waals surface area contributed by atoms with Crippen LogP contribution in [0.4, 0.5) is 0 Å². The molecule has 0 aromatic carbocycles. The molecule has 3 rings (SSSR count). The average Bonchev–Trinajstić information content (AvgIpc) is 2.62. The molecule has 2 fully saturated rings. The van der Waals surface area contributed by atoms with Crippen molar-refractivity contribution in [1.29, 1.82) is 5.26 Å². The Balaban J connectivity index is 1.51. The molecule has 0 spiro atoms. The van der Waals surface area contributed by atoms with Crippen LogP contribution < -0.4 is 0 Å². The van der Waals surface area contributed by atoms with Crippen LogP contribution in [0.15, 0.2) is 18.3 Å². The quantitative estimate of drug-likeness (QED) is 0.744. The standard InChI is InChI=1S/C20H28N2/c1-2-15-3-6-17(7-4-15)18-8-10-19(11-9-18)20-12-5-16(13-21)14-22-20/h5,12,14-15,17-19H,2-4,6-11H2,1H3. The van der Waals surface area contributed by atoms with Gasteiger partial charge in [0.05, 0.1) is 5.56 Å². The van der Waals surface area contributed by atoms with Crippen LogP contribution in [0.2, 0.25) is 0 Å². The molecule has 0 bridgehead atoms. The lowest BCUT2D eigenvalue weighted by Gasteiger charge is -2.37. The lowest BCUT2D eigenvalue weighted by Crippen LogP contribution is -2.25. The molecule has 0 radical (unpaired) electrons. The molecule has 2 nitrogen and oxygen atoms in total. The molecule has 0 N–H and O–H groups in total. The number of aromatic nitrogens is 1. The van der Waals surface area contributed by atoms with E-state index in [-0.39, 0.29) is 0 Å². The molecule has 22 heavy (non-hydrogen) atoms. The average molecular weight is 296 g/mol. The first-order chi connectivity index (χ1) is 10.8. The van der Waals surface area contributed by atoms with Gasteiger partial charge >= 0.3 is 0 Å². The molecule has 2 aliphatic rings. The zero-order valence-electron chi connectivity index (χ0n) is 13.8. The fourth-order valence-corrected chi connectivity index (χ4v) is 4.67. The van der Waals surface area contributed by atoms with Crippen LogP contribution in [0.1, 0.15) is 81.9 Å². The molecule has 1 aromatic heterocycles. The Morgan fingerprint density at radius 2 is 1.64 bits per heavy atom. The van der Waals surface area contributed by atoms with Crippen LogP contribution in [-0.2, 0) is 0 Å². The van der Waals surface area contributed by atoms with E-state index in [0.29, 0.717) is 11.5 Å². The first-order valence-corrected chi connectivity index (χ1v) is 9.16. The minimum Gasteiger partial charge on any atom is -0.260 e. The van der Waals surface area contributed by atoms with Gasteiger partial charge in [0.1, 0.15) is 6.07 Å². The van der Waals surface area contributed by atoms with Gasteiger partial charge in [-0.05, 0) is 68.4 Å². The molecule has 0 atom stereocenters. The van der Waals surface area contributed by atoms with E-state index in [1.165, 1.54) is 63.5 Å². The lowest BCUT2D eigenvalue weighted by molar-refractivity contribution is 0.158. The van der Waals surface area contributed by atoms with Crippen molar-refractivity contribution in [3.63, 3.8) is 0 Å². The molecule has 1 aromatic rings. The number of hydrogen-bond donors (Lipinski definition) is 0. The summed E-state index contributed by atoms with van der Waals surface area (Å²) in [4.78, 5) is 4.51. The molecule has 2 aliphatic carbocycles. The van der Waals surface area contributed by atoms with E-state index in [9.17, 15) is 0 Å². The predicted molar refractivity (Wildman–Crippen MR) is 89.4 cm³/mol. The SMILES string of the molecule is CCC1CCC(C2CCC(c3ccc(C#N)cn3)CC2)CC1. The van der Waals surface area contributed by atoms with Crippen LogP contribution in [0.5, 0.6) is 0 Å². The molecule has 0 saturated heterocycles. The third-order valence-electron chi connectivity index (χ3n) is 6.24. The van der Waals surface area contributed by atoms with Gasteiger partial charge < -0.3 is 0 Å². The molecule has 2 saturated carbocycles. The zero-order chi connectivity index (χ0) is 15.4. The Bertz CT molecular complexity index is 498. The first kappa shape index (κ1) is 15.5. The summed E-state index contributed by atoms with van der Waals surface area (Å²) >= 11 is 0. The highest BCUT2D eigenvalue weighted by atomic mass is 14.7. The molecule has 118 valence electrons. The van der Waals surface area contributed by atoms with Gasteiger partial charge in [-0.1, -0.05) is 26.2 Å². The maximum Gasteiger partial charge on any atom is 0.101 e. The molecule has 0 aliphatic heterocycles. The highest BCUT2D eigenvalue weighted by Gasteiger charge is 2.31. The third kappa shape index (κ3) is 3.51. The summed E-state index contributed by atoms with van der Waals surface area (Å²) < 4.78 is 0. The second kappa shape index (κ2) is 7.27. The minimum atomic E-state index is 0.621. The highest BCUT2D eigenvalue weighted by molar-refractivity contribution is 5.27. The first-order valence-electron chi connectivity index (χ1n) is 9.16. The fourth-order valence-electron chi connectivity index (χ4n) is 4.67. The van der Waals surface area contributed by atoms with Crippen molar-refractivity contribution in [3.05, 3.63) is 29.6 Å². The number of pyridine rings is 1. The van der Waals surface area contributed by atoms with Crippen LogP contribution >= 0.6 is 0 Å². The van der Waals surface area contributed by atoms with Gasteiger partial charge in [-0.25, -0.2) is 0 Å². The van der Waals surface area contributed by atoms with Crippen LogP contribution in [-0.4, -0.2) is 4.98 Å². The van der Waals surface area contributed by atoms with E-state index in [2.05, 4.69) is 24.0 Å². The summed E-state index contributed by atoms with van der Waals surface area (Å²) in [5, 5.41) is 8.86. The van der Waals surface area contributed by atoms with Gasteiger partial charge in [-0.2, -0.15) is 5.26 Å². The monoisotopic (exact) mass is 296 g/mol. The van der Waals surface area contributed by atoms with Gasteiger partial charge in [0.2, 0.25) is 0 Å². The largest absolute Gasteiger partial charge is 0.260 e. The summed E-state index contributed by atoms with van der Waals surface area (Å²) in [6.07, 6.45) is 14.3. The van der Waals surface area contributed by atoms with Crippen LogP contribution in [0.3, 0.4) is 0 Å². The van der Waals surface area contributed by atoms with Crippen molar-refractivity contribution in [2.75, 3.05) is 0 Å². The Morgan fingerprint density at radius 1 is 1.00 bits per heavy atom. The minimum absolute atomic E-state index is 0.621. The van der Waals surface area contributed by atoms with Gasteiger partial charge in [0, 0.05) is 17.8 Å². The van der Waals surface area contributed by atoms with Gasteiger partial charge in [-0.15, -0.1) is 0 Å². The normalized spacial score (nSPS) is 32.4. The van der Waals surface area contributed by atoms with Crippen molar-refractivity contribution in [2.45, 2.75) is 70.6 Å². The molecular weight excluding hydrogens is 268 g/mol. The Hall–Kier alpha value is -1.36. The Labute approximate surface area is 135 Å². The highest BCUT2D eigenvalue weighted by Crippen LogP contribution is 2.43. The van der Waals surface area contributed by atoms with E-state index in [0.717, 1.165) is 17.8 Å². The van der Waals surface area contributed by atoms with Crippen molar-refractivity contribution in [2.24, 2.45) is 17.8 Å². The van der Waals surface area contributed by atoms with Crippen molar-refractivity contribution in [1.82, 2.24) is 4.98 Å². The number of hydrogen-bond acceptors (Lipinski definition) is 2. The smallest absolute Gasteiger partial charge is 0.101 e. The van der Waals surface area contributed by atoms with Crippen molar-refractivity contribution in [3.8, 4) is 6.07 Å². The van der Waals surface area contributed by atoms with Crippen LogP contribution in [0, 0.1) is 29.1 Å². The fraction of sp³-hybridized carbons (Fsp3) is 0.700. The Morgan fingerprint density at radius 3 is 2.14 bits per heavy atom. The Kier molecular flexibility index (Phi) is 5.13. The van der Waals surface area contributed by atoms with E-state index in [1.807, 2.05) is 6.07 Å². The van der Waals surface area contributed by atoms with Crippen LogP contribution in [0.25, 0.3) is 0 Å². The topological polar surface area (TPSA) is 36.7 Å². The third-order valence-corrected chi connectivity index (χ3v) is 6.24. The molecule has 0 unspecified atom stereocenters. The lowest BCUT2D eigenvalue weighted by atomic mass is 9.68. The number of nitrogens with zero attached hydrogens (tertiary/aromatic N) is 2. The van der Waals surface area contributed by atoms with E-state index in [1.54, 1.807) is 6.20 Å². The van der Waals surface area contributed by atoms with Gasteiger partial charge in [0.15, 0.2) is 0 Å². The number of rotatable bonds is 3. The molecule has 0 amide bonds. The summed E-state index contributed by atoms with van der Waals surface area (Å²) in [6, 6.07) is 6.14. The maximum absolute atomic E-state index is 8.86. The molecule has 1 heterocycles. The second-order valence-corrected chi connectivity index (χ2v) is 7.38. The van der Waals surface area contributed by atoms with E-state index in [4.69, 9.17) is 5.26 Å². The van der Waals surface area contributed by atoms with Crippen molar-refractivity contribution >= 4 is 0 Å². The summed E-state index contributed by atoms with van der Waals surface area (Å²) in [5.41, 5.74) is 1.87. The van der Waals surface area contributed by atoms with Gasteiger partial charge in [-0.3, -0.25) is 4.98 Å². The molecule has 2 heteroatoms. The predicted octanol–water partition coefficient (Wildman–Crippen LogP) is 5.44. The summed E-state index contributed by atoms with van der Waals surface area (Å²) in [5.74, 6) is 3.59. The van der Waals surface area contributed by atoms with Gasteiger partial charge in [0.25, 0.3) is 0 Å².